The number of ether oxygens (including phenoxy) is 1. The lowest BCUT2D eigenvalue weighted by Crippen LogP contribution is -1.99. The van der Waals surface area contributed by atoms with E-state index in [-0.39, 0.29) is 6.61 Å². The Morgan fingerprint density at radius 1 is 1.28 bits per heavy atom. The van der Waals surface area contributed by atoms with Crippen LogP contribution in [0.25, 0.3) is 4.96 Å². The zero-order valence-corrected chi connectivity index (χ0v) is 10.4. The largest absolute Gasteiger partial charge is 0.471 e. The third-order valence-corrected chi connectivity index (χ3v) is 3.45. The lowest BCUT2D eigenvalue weighted by atomic mass is 10.2. The fourth-order valence-corrected chi connectivity index (χ4v) is 2.52. The van der Waals surface area contributed by atoms with Gasteiger partial charge in [0.15, 0.2) is 4.96 Å². The number of aliphatic hydroxyl groups excluding tert-OH is 1. The first-order valence-electron chi connectivity index (χ1n) is 5.60. The third kappa shape index (κ3) is 1.98. The number of aliphatic hydroxyl groups is 1. The number of thiazole rings is 1. The summed E-state index contributed by atoms with van der Waals surface area (Å²) in [7, 11) is 0. The van der Waals surface area contributed by atoms with E-state index in [9.17, 15) is 5.11 Å². The topological polar surface area (TPSA) is 46.8 Å². The molecule has 2 heterocycles. The molecular formula is C13H12N2O2S. The van der Waals surface area contributed by atoms with Gasteiger partial charge in [-0.15, -0.1) is 11.3 Å². The van der Waals surface area contributed by atoms with Crippen LogP contribution in [0.2, 0.25) is 0 Å². The summed E-state index contributed by atoms with van der Waals surface area (Å²) < 4.78 is 7.52. The molecule has 4 nitrogen and oxygen atoms in total. The molecule has 3 rings (SSSR count). The maximum atomic E-state index is 9.38. The smallest absolute Gasteiger partial charge is 0.239 e. The van der Waals surface area contributed by atoms with Crippen molar-refractivity contribution in [3.8, 4) is 5.88 Å². The first-order chi connectivity index (χ1) is 8.88. The molecule has 0 aliphatic rings. The van der Waals surface area contributed by atoms with Crippen molar-refractivity contribution in [2.24, 2.45) is 0 Å². The normalized spacial score (nSPS) is 10.9. The third-order valence-electron chi connectivity index (χ3n) is 2.69. The Morgan fingerprint density at radius 2 is 2.11 bits per heavy atom. The van der Waals surface area contributed by atoms with Crippen LogP contribution in [0.3, 0.4) is 0 Å². The second kappa shape index (κ2) is 4.80. The van der Waals surface area contributed by atoms with Crippen LogP contribution in [0, 0.1) is 0 Å². The van der Waals surface area contributed by atoms with Crippen LogP contribution in [0.4, 0.5) is 0 Å². The summed E-state index contributed by atoms with van der Waals surface area (Å²) in [4.78, 5) is 5.19. The van der Waals surface area contributed by atoms with Crippen LogP contribution in [-0.4, -0.2) is 14.5 Å². The molecule has 0 saturated carbocycles. The quantitative estimate of drug-likeness (QED) is 0.784. The number of nitrogens with zero attached hydrogens (tertiary/aromatic N) is 2. The highest BCUT2D eigenvalue weighted by Crippen LogP contribution is 2.24. The average Bonchev–Trinajstić information content (AvgIpc) is 2.97. The Hall–Kier alpha value is -1.85. The second-order valence-corrected chi connectivity index (χ2v) is 4.72. The number of aromatic nitrogens is 2. The SMILES string of the molecule is OCc1c(OCc2ccccc2)nc2sccn12. The first kappa shape index (κ1) is 11.3. The number of rotatable bonds is 4. The number of imidazole rings is 1. The van der Waals surface area contributed by atoms with Crippen molar-refractivity contribution < 1.29 is 9.84 Å². The minimum Gasteiger partial charge on any atom is -0.471 e. The van der Waals surface area contributed by atoms with Crippen LogP contribution in [0.15, 0.2) is 41.9 Å². The Morgan fingerprint density at radius 3 is 2.89 bits per heavy atom. The van der Waals surface area contributed by atoms with Crippen molar-refractivity contribution in [1.82, 2.24) is 9.38 Å². The molecule has 3 aromatic rings. The van der Waals surface area contributed by atoms with Gasteiger partial charge < -0.3 is 9.84 Å². The van der Waals surface area contributed by atoms with E-state index in [1.165, 1.54) is 11.3 Å². The lowest BCUT2D eigenvalue weighted by Gasteiger charge is -2.04. The van der Waals surface area contributed by atoms with Gasteiger partial charge in [-0.25, -0.2) is 0 Å². The summed E-state index contributed by atoms with van der Waals surface area (Å²) in [5, 5.41) is 11.3. The van der Waals surface area contributed by atoms with Gasteiger partial charge in [-0.3, -0.25) is 4.40 Å². The highest BCUT2D eigenvalue weighted by Gasteiger charge is 2.13. The molecule has 0 amide bonds. The predicted molar refractivity (Wildman–Crippen MR) is 69.8 cm³/mol. The van der Waals surface area contributed by atoms with E-state index in [0.29, 0.717) is 18.2 Å². The van der Waals surface area contributed by atoms with Gasteiger partial charge in [-0.2, -0.15) is 4.98 Å². The molecule has 0 aliphatic carbocycles. The minimum absolute atomic E-state index is 0.0813. The van der Waals surface area contributed by atoms with Crippen LogP contribution in [0.5, 0.6) is 5.88 Å². The van der Waals surface area contributed by atoms with Crippen LogP contribution in [0.1, 0.15) is 11.3 Å². The fourth-order valence-electron chi connectivity index (χ4n) is 1.80. The number of hydrogen-bond acceptors (Lipinski definition) is 4. The van der Waals surface area contributed by atoms with Crippen LogP contribution < -0.4 is 4.74 Å². The molecule has 0 spiro atoms. The Balaban J connectivity index is 1.84. The van der Waals surface area contributed by atoms with Gasteiger partial charge in [0.25, 0.3) is 0 Å². The molecule has 1 aromatic carbocycles. The Kier molecular flexibility index (Phi) is 3.00. The highest BCUT2D eigenvalue weighted by molar-refractivity contribution is 7.15. The molecule has 0 aliphatic heterocycles. The molecule has 0 fully saturated rings. The minimum atomic E-state index is -0.0813. The molecule has 1 N–H and O–H groups in total. The molecule has 92 valence electrons. The lowest BCUT2D eigenvalue weighted by molar-refractivity contribution is 0.250. The fraction of sp³-hybridized carbons (Fsp3) is 0.154. The maximum Gasteiger partial charge on any atom is 0.239 e. The molecule has 2 aromatic heterocycles. The van der Waals surface area contributed by atoms with Crippen molar-refractivity contribution >= 4 is 16.3 Å². The van der Waals surface area contributed by atoms with Gasteiger partial charge in [-0.05, 0) is 5.56 Å². The van der Waals surface area contributed by atoms with Crippen LogP contribution in [-0.2, 0) is 13.2 Å². The molecule has 0 bridgehead atoms. The second-order valence-electron chi connectivity index (χ2n) is 3.85. The standard InChI is InChI=1S/C13H12N2O2S/c16-8-11-12(14-13-15(11)6-7-18-13)17-9-10-4-2-1-3-5-10/h1-7,16H,8-9H2. The summed E-state index contributed by atoms with van der Waals surface area (Å²) in [5.41, 5.74) is 1.78. The summed E-state index contributed by atoms with van der Waals surface area (Å²) >= 11 is 1.52. The van der Waals surface area contributed by atoms with Crippen molar-refractivity contribution in [2.45, 2.75) is 13.2 Å². The zero-order chi connectivity index (χ0) is 12.4. The molecule has 0 radical (unpaired) electrons. The van der Waals surface area contributed by atoms with E-state index in [1.54, 1.807) is 0 Å². The highest BCUT2D eigenvalue weighted by atomic mass is 32.1. The van der Waals surface area contributed by atoms with Crippen molar-refractivity contribution in [2.75, 3.05) is 0 Å². The van der Waals surface area contributed by atoms with Gasteiger partial charge in [-0.1, -0.05) is 30.3 Å². The number of fused-ring (bicyclic) bond motifs is 1. The summed E-state index contributed by atoms with van der Waals surface area (Å²) in [6.45, 7) is 0.376. The monoisotopic (exact) mass is 260 g/mol. The first-order valence-corrected chi connectivity index (χ1v) is 6.48. The van der Waals surface area contributed by atoms with E-state index in [1.807, 2.05) is 46.3 Å². The molecule has 5 heteroatoms. The predicted octanol–water partition coefficient (Wildman–Crippen LogP) is 2.47. The van der Waals surface area contributed by atoms with Gasteiger partial charge in [0, 0.05) is 11.6 Å². The van der Waals surface area contributed by atoms with Crippen LogP contribution >= 0.6 is 11.3 Å². The number of hydrogen-bond donors (Lipinski definition) is 1. The Labute approximate surface area is 108 Å². The zero-order valence-electron chi connectivity index (χ0n) is 9.61. The molecule has 0 atom stereocenters. The van der Waals surface area contributed by atoms with Crippen molar-refractivity contribution in [3.63, 3.8) is 0 Å². The van der Waals surface area contributed by atoms with E-state index in [4.69, 9.17) is 4.74 Å². The van der Waals surface area contributed by atoms with Gasteiger partial charge in [0.1, 0.15) is 12.3 Å². The van der Waals surface area contributed by atoms with E-state index in [0.717, 1.165) is 10.5 Å². The van der Waals surface area contributed by atoms with Crippen molar-refractivity contribution in [1.29, 1.82) is 0 Å². The number of benzene rings is 1. The molecule has 0 saturated heterocycles. The van der Waals surface area contributed by atoms with Gasteiger partial charge >= 0.3 is 0 Å². The van der Waals surface area contributed by atoms with E-state index in [2.05, 4.69) is 4.98 Å². The summed E-state index contributed by atoms with van der Waals surface area (Å²) in [6, 6.07) is 9.90. The van der Waals surface area contributed by atoms with Crippen molar-refractivity contribution in [3.05, 3.63) is 53.2 Å². The summed E-state index contributed by atoms with van der Waals surface area (Å²) in [5.74, 6) is 0.508. The average molecular weight is 260 g/mol. The summed E-state index contributed by atoms with van der Waals surface area (Å²) in [6.07, 6.45) is 1.88. The van der Waals surface area contributed by atoms with Gasteiger partial charge in [0.2, 0.25) is 5.88 Å². The molecule has 0 unspecified atom stereocenters. The molecule has 18 heavy (non-hydrogen) atoms. The van der Waals surface area contributed by atoms with Gasteiger partial charge in [0.05, 0.1) is 6.61 Å². The van der Waals surface area contributed by atoms with E-state index >= 15 is 0 Å². The molecular weight excluding hydrogens is 248 g/mol. The Bertz CT molecular complexity index is 645. The van der Waals surface area contributed by atoms with E-state index < -0.39 is 0 Å². The maximum absolute atomic E-state index is 9.38.